The van der Waals surface area contributed by atoms with Crippen molar-refractivity contribution in [2.24, 2.45) is 0 Å². The molecule has 1 amide bonds. The van der Waals surface area contributed by atoms with Gasteiger partial charge in [0.15, 0.2) is 5.69 Å². The van der Waals surface area contributed by atoms with Gasteiger partial charge in [0, 0.05) is 12.1 Å². The SMILES string of the molecule is CCC(CC(=O)O)NC(=O)c1cc(C)on1. The Morgan fingerprint density at radius 2 is 2.31 bits per heavy atom. The maximum absolute atomic E-state index is 11.6. The van der Waals surface area contributed by atoms with Gasteiger partial charge in [-0.15, -0.1) is 0 Å². The number of carboxylic acids is 1. The first-order chi connectivity index (χ1) is 7.52. The van der Waals surface area contributed by atoms with E-state index in [-0.39, 0.29) is 18.2 Å². The van der Waals surface area contributed by atoms with E-state index in [0.717, 1.165) is 0 Å². The monoisotopic (exact) mass is 226 g/mol. The fourth-order valence-electron chi connectivity index (χ4n) is 1.24. The van der Waals surface area contributed by atoms with E-state index in [4.69, 9.17) is 9.63 Å². The number of carbonyl (C=O) groups is 2. The van der Waals surface area contributed by atoms with Gasteiger partial charge in [-0.1, -0.05) is 12.1 Å². The Bertz CT molecular complexity index is 386. The summed E-state index contributed by atoms with van der Waals surface area (Å²) in [5, 5.41) is 14.8. The van der Waals surface area contributed by atoms with Crippen LogP contribution in [0, 0.1) is 6.92 Å². The van der Waals surface area contributed by atoms with Crippen molar-refractivity contribution in [1.82, 2.24) is 10.5 Å². The number of rotatable bonds is 5. The minimum atomic E-state index is -0.941. The average Bonchev–Trinajstić information content (AvgIpc) is 2.63. The second-order valence-electron chi connectivity index (χ2n) is 3.50. The van der Waals surface area contributed by atoms with Gasteiger partial charge in [-0.05, 0) is 13.3 Å². The molecule has 0 aromatic carbocycles. The third-order valence-electron chi connectivity index (χ3n) is 2.11. The predicted octanol–water partition coefficient (Wildman–Crippen LogP) is 0.966. The Labute approximate surface area is 92.6 Å². The van der Waals surface area contributed by atoms with Crippen molar-refractivity contribution in [2.45, 2.75) is 32.7 Å². The number of amides is 1. The van der Waals surface area contributed by atoms with E-state index >= 15 is 0 Å². The highest BCUT2D eigenvalue weighted by atomic mass is 16.5. The molecule has 16 heavy (non-hydrogen) atoms. The molecule has 0 aliphatic carbocycles. The molecule has 6 heteroatoms. The van der Waals surface area contributed by atoms with Crippen molar-refractivity contribution >= 4 is 11.9 Å². The van der Waals surface area contributed by atoms with E-state index in [1.54, 1.807) is 6.92 Å². The summed E-state index contributed by atoms with van der Waals surface area (Å²) in [6, 6.07) is 1.12. The van der Waals surface area contributed by atoms with Crippen LogP contribution in [0.1, 0.15) is 36.0 Å². The van der Waals surface area contributed by atoms with E-state index in [9.17, 15) is 9.59 Å². The lowest BCUT2D eigenvalue weighted by Gasteiger charge is -2.13. The quantitative estimate of drug-likeness (QED) is 0.780. The summed E-state index contributed by atoms with van der Waals surface area (Å²) in [6.45, 7) is 3.49. The van der Waals surface area contributed by atoms with Gasteiger partial charge in [-0.2, -0.15) is 0 Å². The van der Waals surface area contributed by atoms with Gasteiger partial charge in [0.25, 0.3) is 5.91 Å². The van der Waals surface area contributed by atoms with Crippen molar-refractivity contribution in [1.29, 1.82) is 0 Å². The fraction of sp³-hybridized carbons (Fsp3) is 0.500. The Morgan fingerprint density at radius 3 is 2.75 bits per heavy atom. The van der Waals surface area contributed by atoms with E-state index < -0.39 is 11.9 Å². The molecule has 0 aliphatic heterocycles. The zero-order valence-electron chi connectivity index (χ0n) is 9.19. The summed E-state index contributed by atoms with van der Waals surface area (Å²) < 4.78 is 4.75. The molecule has 0 bridgehead atoms. The molecule has 1 atom stereocenters. The van der Waals surface area contributed by atoms with Crippen LogP contribution in [-0.2, 0) is 4.79 Å². The number of aryl methyl sites for hydroxylation is 1. The van der Waals surface area contributed by atoms with Crippen LogP contribution < -0.4 is 5.32 Å². The van der Waals surface area contributed by atoms with Gasteiger partial charge < -0.3 is 14.9 Å². The molecule has 1 rings (SSSR count). The molecule has 0 aliphatic rings. The third-order valence-corrected chi connectivity index (χ3v) is 2.11. The molecule has 0 spiro atoms. The van der Waals surface area contributed by atoms with Crippen molar-refractivity contribution in [3.05, 3.63) is 17.5 Å². The highest BCUT2D eigenvalue weighted by molar-refractivity contribution is 5.92. The summed E-state index contributed by atoms with van der Waals surface area (Å²) in [4.78, 5) is 22.1. The normalized spacial score (nSPS) is 12.1. The molecule has 1 unspecified atom stereocenters. The average molecular weight is 226 g/mol. The summed E-state index contributed by atoms with van der Waals surface area (Å²) in [7, 11) is 0. The molecule has 0 saturated carbocycles. The number of nitrogens with one attached hydrogen (secondary N) is 1. The molecule has 0 saturated heterocycles. The van der Waals surface area contributed by atoms with Crippen LogP contribution in [0.15, 0.2) is 10.6 Å². The minimum absolute atomic E-state index is 0.0981. The summed E-state index contributed by atoms with van der Waals surface area (Å²) in [6.07, 6.45) is 0.452. The lowest BCUT2D eigenvalue weighted by Crippen LogP contribution is -2.36. The fourth-order valence-corrected chi connectivity index (χ4v) is 1.24. The molecule has 0 radical (unpaired) electrons. The smallest absolute Gasteiger partial charge is 0.305 e. The predicted molar refractivity (Wildman–Crippen MR) is 55.0 cm³/mol. The standard InChI is InChI=1S/C10H14N2O4/c1-3-7(5-9(13)14)11-10(15)8-4-6(2)16-12-8/h4,7H,3,5H2,1-2H3,(H,11,15)(H,13,14). The molecule has 0 fully saturated rings. The van der Waals surface area contributed by atoms with Crippen LogP contribution in [0.2, 0.25) is 0 Å². The summed E-state index contributed by atoms with van der Waals surface area (Å²) in [5.41, 5.74) is 0.168. The number of hydrogen-bond acceptors (Lipinski definition) is 4. The van der Waals surface area contributed by atoms with Gasteiger partial charge >= 0.3 is 5.97 Å². The zero-order valence-corrected chi connectivity index (χ0v) is 9.19. The highest BCUT2D eigenvalue weighted by Crippen LogP contribution is 2.04. The largest absolute Gasteiger partial charge is 0.481 e. The number of hydrogen-bond donors (Lipinski definition) is 2. The van der Waals surface area contributed by atoms with Crippen LogP contribution in [-0.4, -0.2) is 28.2 Å². The van der Waals surface area contributed by atoms with Crippen LogP contribution in [0.5, 0.6) is 0 Å². The first-order valence-corrected chi connectivity index (χ1v) is 4.99. The minimum Gasteiger partial charge on any atom is -0.481 e. The van der Waals surface area contributed by atoms with Gasteiger partial charge in [-0.25, -0.2) is 0 Å². The molecule has 1 heterocycles. The third kappa shape index (κ3) is 3.38. The van der Waals surface area contributed by atoms with Crippen LogP contribution >= 0.6 is 0 Å². The van der Waals surface area contributed by atoms with E-state index in [1.165, 1.54) is 6.07 Å². The molecule has 2 N–H and O–H groups in total. The summed E-state index contributed by atoms with van der Waals surface area (Å²) >= 11 is 0. The van der Waals surface area contributed by atoms with Gasteiger partial charge in [0.1, 0.15) is 5.76 Å². The highest BCUT2D eigenvalue weighted by Gasteiger charge is 2.17. The summed E-state index contributed by atoms with van der Waals surface area (Å²) in [5.74, 6) is -0.815. The van der Waals surface area contributed by atoms with Crippen LogP contribution in [0.3, 0.4) is 0 Å². The maximum atomic E-state index is 11.6. The van der Waals surface area contributed by atoms with E-state index in [0.29, 0.717) is 12.2 Å². The number of carbonyl (C=O) groups excluding carboxylic acids is 1. The lowest BCUT2D eigenvalue weighted by molar-refractivity contribution is -0.137. The number of aromatic nitrogens is 1. The molecule has 1 aromatic heterocycles. The molecular formula is C10H14N2O4. The Morgan fingerprint density at radius 1 is 1.62 bits per heavy atom. The van der Waals surface area contributed by atoms with Gasteiger partial charge in [0.05, 0.1) is 6.42 Å². The molecule has 6 nitrogen and oxygen atoms in total. The number of aliphatic carboxylic acids is 1. The van der Waals surface area contributed by atoms with Gasteiger partial charge in [-0.3, -0.25) is 9.59 Å². The topological polar surface area (TPSA) is 92.4 Å². The van der Waals surface area contributed by atoms with E-state index in [2.05, 4.69) is 10.5 Å². The van der Waals surface area contributed by atoms with Crippen molar-refractivity contribution in [2.75, 3.05) is 0 Å². The second kappa shape index (κ2) is 5.29. The molecular weight excluding hydrogens is 212 g/mol. The first-order valence-electron chi connectivity index (χ1n) is 4.99. The van der Waals surface area contributed by atoms with Crippen LogP contribution in [0.4, 0.5) is 0 Å². The van der Waals surface area contributed by atoms with E-state index in [1.807, 2.05) is 6.92 Å². The van der Waals surface area contributed by atoms with Crippen LogP contribution in [0.25, 0.3) is 0 Å². The molecule has 88 valence electrons. The first kappa shape index (κ1) is 12.2. The molecule has 1 aromatic rings. The lowest BCUT2D eigenvalue weighted by atomic mass is 10.1. The number of nitrogens with zero attached hydrogens (tertiary/aromatic N) is 1. The van der Waals surface area contributed by atoms with Crippen molar-refractivity contribution < 1.29 is 19.2 Å². The maximum Gasteiger partial charge on any atom is 0.305 e. The van der Waals surface area contributed by atoms with Crippen molar-refractivity contribution in [3.63, 3.8) is 0 Å². The Balaban J connectivity index is 2.58. The Kier molecular flexibility index (Phi) is 4.04. The number of carboxylic acid groups (broad SMARTS) is 1. The zero-order chi connectivity index (χ0) is 12.1. The second-order valence-corrected chi connectivity index (χ2v) is 3.50. The van der Waals surface area contributed by atoms with Gasteiger partial charge in [0.2, 0.25) is 0 Å². The van der Waals surface area contributed by atoms with Crippen molar-refractivity contribution in [3.8, 4) is 0 Å². The Hall–Kier alpha value is -1.85.